The topological polar surface area (TPSA) is 37.3 Å². The summed E-state index contributed by atoms with van der Waals surface area (Å²) in [5.74, 6) is -0.854. The van der Waals surface area contributed by atoms with Crippen LogP contribution in [0.1, 0.15) is 25.8 Å². The van der Waals surface area contributed by atoms with E-state index in [0.717, 1.165) is 17.6 Å². The average molecular weight is 228 g/mol. The predicted molar refractivity (Wildman–Crippen MR) is 68.5 cm³/mol. The fraction of sp³-hybridized carbons (Fsp3) is 0.267. The first kappa shape index (κ1) is 11.6. The summed E-state index contributed by atoms with van der Waals surface area (Å²) in [6.45, 7) is 4.17. The van der Waals surface area contributed by atoms with Gasteiger partial charge in [-0.2, -0.15) is 0 Å². The smallest absolute Gasteiger partial charge is 0.335 e. The molecular weight excluding hydrogens is 212 g/mol. The van der Waals surface area contributed by atoms with Crippen molar-refractivity contribution in [1.29, 1.82) is 0 Å². The van der Waals surface area contributed by atoms with E-state index in [0.29, 0.717) is 5.57 Å². The summed E-state index contributed by atoms with van der Waals surface area (Å²) < 4.78 is 0. The molecule has 2 rings (SSSR count). The lowest BCUT2D eigenvalue weighted by molar-refractivity contribution is -0.132. The van der Waals surface area contributed by atoms with E-state index in [1.165, 1.54) is 0 Å². The SMILES string of the molecule is CC1(C)CC=CC(C(=O)O)=C1c1ccccc1. The zero-order valence-corrected chi connectivity index (χ0v) is 10.1. The Morgan fingerprint density at radius 3 is 2.47 bits per heavy atom. The van der Waals surface area contributed by atoms with E-state index in [-0.39, 0.29) is 5.41 Å². The van der Waals surface area contributed by atoms with Gasteiger partial charge >= 0.3 is 5.97 Å². The van der Waals surface area contributed by atoms with Crippen LogP contribution in [0.15, 0.2) is 48.1 Å². The molecule has 0 atom stereocenters. The van der Waals surface area contributed by atoms with Crippen molar-refractivity contribution in [3.05, 3.63) is 53.6 Å². The summed E-state index contributed by atoms with van der Waals surface area (Å²) >= 11 is 0. The molecule has 0 amide bonds. The van der Waals surface area contributed by atoms with E-state index in [9.17, 15) is 9.90 Å². The Hall–Kier alpha value is -1.83. The standard InChI is InChI=1S/C15H16O2/c1-15(2)10-6-9-12(14(16)17)13(15)11-7-4-3-5-8-11/h3-9H,10H2,1-2H3,(H,16,17). The summed E-state index contributed by atoms with van der Waals surface area (Å²) in [6.07, 6.45) is 4.53. The van der Waals surface area contributed by atoms with Crippen LogP contribution in [0.2, 0.25) is 0 Å². The number of aliphatic carboxylic acids is 1. The third-order valence-corrected chi connectivity index (χ3v) is 3.15. The number of hydrogen-bond donors (Lipinski definition) is 1. The lowest BCUT2D eigenvalue weighted by Crippen LogP contribution is -2.20. The van der Waals surface area contributed by atoms with Gasteiger partial charge in [0.2, 0.25) is 0 Å². The minimum atomic E-state index is -0.854. The number of rotatable bonds is 2. The van der Waals surface area contributed by atoms with Gasteiger partial charge in [0.05, 0.1) is 5.57 Å². The predicted octanol–water partition coefficient (Wildman–Crippen LogP) is 3.51. The minimum Gasteiger partial charge on any atom is -0.478 e. The normalized spacial score (nSPS) is 18.2. The van der Waals surface area contributed by atoms with Gasteiger partial charge < -0.3 is 5.11 Å². The van der Waals surface area contributed by atoms with Crippen molar-refractivity contribution in [2.24, 2.45) is 5.41 Å². The fourth-order valence-corrected chi connectivity index (χ4v) is 2.35. The molecule has 1 aromatic rings. The van der Waals surface area contributed by atoms with E-state index in [2.05, 4.69) is 13.8 Å². The van der Waals surface area contributed by atoms with Crippen LogP contribution in [0, 0.1) is 5.41 Å². The van der Waals surface area contributed by atoms with Crippen LogP contribution in [-0.4, -0.2) is 11.1 Å². The molecule has 2 heteroatoms. The van der Waals surface area contributed by atoms with Crippen molar-refractivity contribution in [2.75, 3.05) is 0 Å². The molecule has 1 aliphatic rings. The Morgan fingerprint density at radius 1 is 1.24 bits per heavy atom. The molecule has 0 aromatic heterocycles. The number of benzene rings is 1. The van der Waals surface area contributed by atoms with Crippen molar-refractivity contribution in [1.82, 2.24) is 0 Å². The van der Waals surface area contributed by atoms with Crippen molar-refractivity contribution in [3.8, 4) is 0 Å². The minimum absolute atomic E-state index is 0.135. The molecule has 1 aliphatic carbocycles. The first-order valence-electron chi connectivity index (χ1n) is 5.72. The number of allylic oxidation sites excluding steroid dienone is 2. The van der Waals surface area contributed by atoms with Gasteiger partial charge in [-0.25, -0.2) is 4.79 Å². The first-order valence-corrected chi connectivity index (χ1v) is 5.72. The van der Waals surface area contributed by atoms with Crippen LogP contribution in [0.25, 0.3) is 5.57 Å². The Labute approximate surface area is 101 Å². The molecule has 0 spiro atoms. The highest BCUT2D eigenvalue weighted by molar-refractivity contribution is 6.01. The zero-order chi connectivity index (χ0) is 12.5. The van der Waals surface area contributed by atoms with Crippen molar-refractivity contribution < 1.29 is 9.90 Å². The second-order valence-corrected chi connectivity index (χ2v) is 4.95. The summed E-state index contributed by atoms with van der Waals surface area (Å²) in [6, 6.07) is 9.76. The lowest BCUT2D eigenvalue weighted by Gasteiger charge is -2.31. The van der Waals surface area contributed by atoms with E-state index < -0.39 is 5.97 Å². The van der Waals surface area contributed by atoms with Gasteiger partial charge in [-0.1, -0.05) is 56.3 Å². The molecule has 88 valence electrons. The molecule has 0 bridgehead atoms. The van der Waals surface area contributed by atoms with E-state index >= 15 is 0 Å². The molecule has 0 saturated carbocycles. The van der Waals surface area contributed by atoms with Crippen molar-refractivity contribution >= 4 is 11.5 Å². The Morgan fingerprint density at radius 2 is 1.88 bits per heavy atom. The van der Waals surface area contributed by atoms with E-state index in [4.69, 9.17) is 0 Å². The van der Waals surface area contributed by atoms with Crippen molar-refractivity contribution in [2.45, 2.75) is 20.3 Å². The lowest BCUT2D eigenvalue weighted by atomic mass is 9.72. The van der Waals surface area contributed by atoms with Crippen LogP contribution in [-0.2, 0) is 4.79 Å². The van der Waals surface area contributed by atoms with Gasteiger partial charge in [0, 0.05) is 0 Å². The number of hydrogen-bond acceptors (Lipinski definition) is 1. The second kappa shape index (κ2) is 4.21. The molecule has 0 heterocycles. The Bertz CT molecular complexity index is 493. The number of carboxylic acid groups (broad SMARTS) is 1. The molecule has 17 heavy (non-hydrogen) atoms. The van der Waals surface area contributed by atoms with Gasteiger partial charge in [0.25, 0.3) is 0 Å². The van der Waals surface area contributed by atoms with Gasteiger partial charge in [0.1, 0.15) is 0 Å². The quantitative estimate of drug-likeness (QED) is 0.841. The third kappa shape index (κ3) is 2.16. The number of carbonyl (C=O) groups is 1. The number of carboxylic acids is 1. The molecule has 0 radical (unpaired) electrons. The van der Waals surface area contributed by atoms with Crippen LogP contribution in [0.3, 0.4) is 0 Å². The monoisotopic (exact) mass is 228 g/mol. The molecule has 0 saturated heterocycles. The van der Waals surface area contributed by atoms with Crippen LogP contribution in [0.5, 0.6) is 0 Å². The molecule has 0 aliphatic heterocycles. The maximum absolute atomic E-state index is 11.3. The van der Waals surface area contributed by atoms with Crippen LogP contribution < -0.4 is 0 Å². The highest BCUT2D eigenvalue weighted by Crippen LogP contribution is 2.43. The summed E-state index contributed by atoms with van der Waals surface area (Å²) in [5, 5.41) is 9.29. The molecule has 0 fully saturated rings. The highest BCUT2D eigenvalue weighted by atomic mass is 16.4. The van der Waals surface area contributed by atoms with Gasteiger partial charge in [-0.15, -0.1) is 0 Å². The Balaban J connectivity index is 2.65. The summed E-state index contributed by atoms with van der Waals surface area (Å²) in [4.78, 5) is 11.3. The average Bonchev–Trinajstić information content (AvgIpc) is 2.28. The van der Waals surface area contributed by atoms with E-state index in [1.54, 1.807) is 6.08 Å². The maximum Gasteiger partial charge on any atom is 0.335 e. The summed E-state index contributed by atoms with van der Waals surface area (Å²) in [7, 11) is 0. The van der Waals surface area contributed by atoms with Crippen molar-refractivity contribution in [3.63, 3.8) is 0 Å². The molecule has 2 nitrogen and oxygen atoms in total. The molecule has 0 unspecified atom stereocenters. The maximum atomic E-state index is 11.3. The molecule has 1 aromatic carbocycles. The van der Waals surface area contributed by atoms with Crippen LogP contribution in [0.4, 0.5) is 0 Å². The van der Waals surface area contributed by atoms with Gasteiger partial charge in [-0.05, 0) is 23.0 Å². The first-order chi connectivity index (χ1) is 8.02. The Kier molecular flexibility index (Phi) is 2.88. The van der Waals surface area contributed by atoms with Gasteiger partial charge in [0.15, 0.2) is 0 Å². The van der Waals surface area contributed by atoms with Gasteiger partial charge in [-0.3, -0.25) is 0 Å². The second-order valence-electron chi connectivity index (χ2n) is 4.95. The highest BCUT2D eigenvalue weighted by Gasteiger charge is 2.30. The zero-order valence-electron chi connectivity index (χ0n) is 10.1. The summed E-state index contributed by atoms with van der Waals surface area (Å²) in [5.41, 5.74) is 2.20. The fourth-order valence-electron chi connectivity index (χ4n) is 2.35. The molecule has 1 N–H and O–H groups in total. The third-order valence-electron chi connectivity index (χ3n) is 3.15. The van der Waals surface area contributed by atoms with Crippen LogP contribution >= 0.6 is 0 Å². The molecular formula is C15H16O2. The van der Waals surface area contributed by atoms with E-state index in [1.807, 2.05) is 36.4 Å². The largest absolute Gasteiger partial charge is 0.478 e.